The molecule has 1 fully saturated rings. The molecule has 3 aromatic rings. The minimum Gasteiger partial charge on any atom is -0.445 e. The molecule has 1 aliphatic heterocycles. The first-order valence-corrected chi connectivity index (χ1v) is 9.22. The van der Waals surface area contributed by atoms with Gasteiger partial charge in [0.05, 0.1) is 11.6 Å². The number of aromatic amines is 1. The molecule has 1 aliphatic rings. The van der Waals surface area contributed by atoms with Crippen molar-refractivity contribution in [3.05, 3.63) is 71.4 Å². The Hall–Kier alpha value is -3.26. The first-order valence-electron chi connectivity index (χ1n) is 9.22. The van der Waals surface area contributed by atoms with Crippen LogP contribution in [0.4, 0.5) is 4.79 Å². The van der Waals surface area contributed by atoms with E-state index in [1.807, 2.05) is 59.6 Å². The fourth-order valence-electron chi connectivity index (χ4n) is 3.76. The zero-order valence-corrected chi connectivity index (χ0v) is 15.0. The lowest BCUT2D eigenvalue weighted by molar-refractivity contribution is 0.0921. The SMILES string of the molecule is N#Cc1ccc2[nH]cc(CC3CCCN3C(=O)OCc3ccccc3)c2c1. The molecule has 1 unspecified atom stereocenters. The number of ether oxygens (including phenoxy) is 1. The van der Waals surface area contributed by atoms with E-state index in [-0.39, 0.29) is 12.1 Å². The fraction of sp³-hybridized carbons (Fsp3) is 0.273. The zero-order valence-electron chi connectivity index (χ0n) is 15.0. The molecular formula is C22H21N3O2. The number of carbonyl (C=O) groups excluding carboxylic acids is 1. The summed E-state index contributed by atoms with van der Waals surface area (Å²) in [6.07, 6.45) is 4.44. The van der Waals surface area contributed by atoms with E-state index in [2.05, 4.69) is 11.1 Å². The maximum Gasteiger partial charge on any atom is 0.410 e. The predicted molar refractivity (Wildman–Crippen MR) is 103 cm³/mol. The van der Waals surface area contributed by atoms with Crippen LogP contribution in [0.2, 0.25) is 0 Å². The molecule has 0 bridgehead atoms. The number of likely N-dealkylation sites (tertiary alicyclic amines) is 1. The highest BCUT2D eigenvalue weighted by Crippen LogP contribution is 2.27. The summed E-state index contributed by atoms with van der Waals surface area (Å²) in [5.74, 6) is 0. The third kappa shape index (κ3) is 3.65. The largest absolute Gasteiger partial charge is 0.445 e. The average molecular weight is 359 g/mol. The summed E-state index contributed by atoms with van der Waals surface area (Å²) < 4.78 is 5.52. The highest BCUT2D eigenvalue weighted by molar-refractivity contribution is 5.84. The van der Waals surface area contributed by atoms with Crippen molar-refractivity contribution in [2.75, 3.05) is 6.54 Å². The highest BCUT2D eigenvalue weighted by Gasteiger charge is 2.30. The van der Waals surface area contributed by atoms with Crippen molar-refractivity contribution < 1.29 is 9.53 Å². The Bertz CT molecular complexity index is 988. The number of benzene rings is 2. The number of carbonyl (C=O) groups is 1. The van der Waals surface area contributed by atoms with Crippen LogP contribution in [0.1, 0.15) is 29.5 Å². The van der Waals surface area contributed by atoms with E-state index in [0.717, 1.165) is 47.8 Å². The lowest BCUT2D eigenvalue weighted by Gasteiger charge is -2.24. The normalized spacial score (nSPS) is 16.4. The van der Waals surface area contributed by atoms with Gasteiger partial charge >= 0.3 is 6.09 Å². The minimum atomic E-state index is -0.251. The fourth-order valence-corrected chi connectivity index (χ4v) is 3.76. The number of hydrogen-bond donors (Lipinski definition) is 1. The summed E-state index contributed by atoms with van der Waals surface area (Å²) in [6, 6.07) is 17.7. The van der Waals surface area contributed by atoms with Gasteiger partial charge in [0.1, 0.15) is 6.61 Å². The molecule has 1 aromatic heterocycles. The van der Waals surface area contributed by atoms with E-state index in [9.17, 15) is 4.79 Å². The molecule has 0 radical (unpaired) electrons. The Morgan fingerprint density at radius 1 is 1.26 bits per heavy atom. The molecule has 5 heteroatoms. The summed E-state index contributed by atoms with van der Waals surface area (Å²) >= 11 is 0. The number of hydrogen-bond acceptors (Lipinski definition) is 3. The maximum atomic E-state index is 12.6. The van der Waals surface area contributed by atoms with Crippen LogP contribution in [0, 0.1) is 11.3 Å². The molecule has 0 saturated carbocycles. The Morgan fingerprint density at radius 2 is 2.11 bits per heavy atom. The summed E-state index contributed by atoms with van der Waals surface area (Å²) in [4.78, 5) is 17.7. The Kier molecular flexibility index (Phi) is 4.80. The van der Waals surface area contributed by atoms with Crippen LogP contribution >= 0.6 is 0 Å². The molecule has 4 rings (SSSR count). The zero-order chi connectivity index (χ0) is 18.6. The van der Waals surface area contributed by atoms with Gasteiger partial charge in [0.2, 0.25) is 0 Å². The predicted octanol–water partition coefficient (Wildman–Crippen LogP) is 4.38. The quantitative estimate of drug-likeness (QED) is 0.751. The van der Waals surface area contributed by atoms with Gasteiger partial charge < -0.3 is 14.6 Å². The summed E-state index contributed by atoms with van der Waals surface area (Å²) in [6.45, 7) is 1.02. The van der Waals surface area contributed by atoms with E-state index in [1.165, 1.54) is 0 Å². The number of H-pyrrole nitrogens is 1. The van der Waals surface area contributed by atoms with Gasteiger partial charge in [-0.25, -0.2) is 4.79 Å². The molecular weight excluding hydrogens is 338 g/mol. The lowest BCUT2D eigenvalue weighted by atomic mass is 10.0. The average Bonchev–Trinajstić information content (AvgIpc) is 3.34. The first-order chi connectivity index (χ1) is 13.2. The lowest BCUT2D eigenvalue weighted by Crippen LogP contribution is -2.37. The van der Waals surface area contributed by atoms with Crippen molar-refractivity contribution in [1.82, 2.24) is 9.88 Å². The molecule has 2 heterocycles. The van der Waals surface area contributed by atoms with E-state index in [0.29, 0.717) is 12.2 Å². The van der Waals surface area contributed by atoms with Crippen LogP contribution in [0.25, 0.3) is 10.9 Å². The number of nitrogens with one attached hydrogen (secondary N) is 1. The van der Waals surface area contributed by atoms with Gasteiger partial charge in [-0.05, 0) is 48.6 Å². The van der Waals surface area contributed by atoms with Crippen LogP contribution in [0.5, 0.6) is 0 Å². The summed E-state index contributed by atoms with van der Waals surface area (Å²) in [5, 5.41) is 10.2. The van der Waals surface area contributed by atoms with Crippen molar-refractivity contribution in [1.29, 1.82) is 5.26 Å². The Morgan fingerprint density at radius 3 is 2.93 bits per heavy atom. The van der Waals surface area contributed by atoms with Crippen molar-refractivity contribution in [3.63, 3.8) is 0 Å². The summed E-state index contributed by atoms with van der Waals surface area (Å²) in [7, 11) is 0. The van der Waals surface area contributed by atoms with Gasteiger partial charge in [-0.15, -0.1) is 0 Å². The molecule has 0 aliphatic carbocycles. The van der Waals surface area contributed by atoms with Crippen molar-refractivity contribution in [2.24, 2.45) is 0 Å². The molecule has 27 heavy (non-hydrogen) atoms. The second kappa shape index (κ2) is 7.55. The van der Waals surface area contributed by atoms with Gasteiger partial charge in [-0.1, -0.05) is 30.3 Å². The van der Waals surface area contributed by atoms with Crippen LogP contribution in [-0.2, 0) is 17.8 Å². The number of fused-ring (bicyclic) bond motifs is 1. The molecule has 0 spiro atoms. The van der Waals surface area contributed by atoms with Gasteiger partial charge in [0.25, 0.3) is 0 Å². The van der Waals surface area contributed by atoms with E-state index >= 15 is 0 Å². The molecule has 136 valence electrons. The van der Waals surface area contributed by atoms with Gasteiger partial charge in [0.15, 0.2) is 0 Å². The molecule has 1 amide bonds. The van der Waals surface area contributed by atoms with E-state index in [4.69, 9.17) is 10.00 Å². The Balaban J connectivity index is 1.45. The number of amides is 1. The molecule has 2 aromatic carbocycles. The number of nitriles is 1. The second-order valence-corrected chi connectivity index (χ2v) is 6.92. The van der Waals surface area contributed by atoms with Crippen LogP contribution in [0.15, 0.2) is 54.7 Å². The van der Waals surface area contributed by atoms with Gasteiger partial charge in [-0.2, -0.15) is 5.26 Å². The topological polar surface area (TPSA) is 69.1 Å². The minimum absolute atomic E-state index is 0.123. The van der Waals surface area contributed by atoms with Gasteiger partial charge in [0, 0.05) is 29.7 Å². The number of nitrogens with zero attached hydrogens (tertiary/aromatic N) is 2. The van der Waals surface area contributed by atoms with Crippen LogP contribution in [-0.4, -0.2) is 28.6 Å². The monoisotopic (exact) mass is 359 g/mol. The Labute approximate surface area is 158 Å². The third-order valence-electron chi connectivity index (χ3n) is 5.17. The van der Waals surface area contributed by atoms with Crippen molar-refractivity contribution in [2.45, 2.75) is 31.9 Å². The maximum absolute atomic E-state index is 12.6. The number of rotatable bonds is 4. The standard InChI is InChI=1S/C22H21N3O2/c23-13-17-8-9-21-20(11-17)18(14-24-21)12-19-7-4-10-25(19)22(26)27-15-16-5-2-1-3-6-16/h1-3,5-6,8-9,11,14,19,24H,4,7,10,12,15H2. The van der Waals surface area contributed by atoms with Crippen LogP contribution in [0.3, 0.4) is 0 Å². The second-order valence-electron chi connectivity index (χ2n) is 6.92. The summed E-state index contributed by atoms with van der Waals surface area (Å²) in [5.41, 5.74) is 3.78. The highest BCUT2D eigenvalue weighted by atomic mass is 16.6. The smallest absolute Gasteiger partial charge is 0.410 e. The van der Waals surface area contributed by atoms with E-state index in [1.54, 1.807) is 0 Å². The first kappa shape index (κ1) is 17.2. The molecule has 1 saturated heterocycles. The molecule has 1 N–H and O–H groups in total. The molecule has 1 atom stereocenters. The van der Waals surface area contributed by atoms with Crippen LogP contribution < -0.4 is 0 Å². The van der Waals surface area contributed by atoms with Crippen molar-refractivity contribution >= 4 is 17.0 Å². The third-order valence-corrected chi connectivity index (χ3v) is 5.17. The van der Waals surface area contributed by atoms with Crippen molar-refractivity contribution in [3.8, 4) is 6.07 Å². The molecule has 5 nitrogen and oxygen atoms in total. The number of aromatic nitrogens is 1. The van der Waals surface area contributed by atoms with Gasteiger partial charge in [-0.3, -0.25) is 0 Å². The van der Waals surface area contributed by atoms with E-state index < -0.39 is 0 Å².